The van der Waals surface area contributed by atoms with Crippen LogP contribution in [0.5, 0.6) is 0 Å². The van der Waals surface area contributed by atoms with Gasteiger partial charge in [-0.25, -0.2) is 0 Å². The molecule has 0 aliphatic carbocycles. The highest BCUT2D eigenvalue weighted by atomic mass is 79.9. The molecule has 1 fully saturated rings. The summed E-state index contributed by atoms with van der Waals surface area (Å²) in [6, 6.07) is 4.24. The summed E-state index contributed by atoms with van der Waals surface area (Å²) >= 11 is 15.8. The van der Waals surface area contributed by atoms with E-state index in [1.807, 2.05) is 12.1 Å². The molecule has 1 N–H and O–H groups in total. The fraction of sp³-hybridized carbons (Fsp3) is 0.571. The highest BCUT2D eigenvalue weighted by molar-refractivity contribution is 9.10. The van der Waals surface area contributed by atoms with Gasteiger partial charge in [-0.3, -0.25) is 0 Å². The Morgan fingerprint density at radius 1 is 1.42 bits per heavy atom. The predicted molar refractivity (Wildman–Crippen MR) is 85.5 cm³/mol. The number of nitrogens with one attached hydrogen (secondary N) is 1. The minimum atomic E-state index is -0.0401. The quantitative estimate of drug-likeness (QED) is 0.711. The van der Waals surface area contributed by atoms with Crippen LogP contribution < -0.4 is 5.32 Å². The Bertz CT molecular complexity index is 469. The van der Waals surface area contributed by atoms with Crippen molar-refractivity contribution in [2.24, 2.45) is 0 Å². The Morgan fingerprint density at radius 2 is 2.16 bits per heavy atom. The fourth-order valence-corrected chi connectivity index (χ4v) is 3.19. The van der Waals surface area contributed by atoms with E-state index in [0.717, 1.165) is 36.0 Å². The topological polar surface area (TPSA) is 21.3 Å². The minimum Gasteiger partial charge on any atom is -0.381 e. The zero-order valence-electron chi connectivity index (χ0n) is 11.1. The molecule has 1 aromatic carbocycles. The van der Waals surface area contributed by atoms with Crippen molar-refractivity contribution in [3.8, 4) is 0 Å². The summed E-state index contributed by atoms with van der Waals surface area (Å²) in [5.74, 6) is 0. The molecular weight excluding hydrogens is 349 g/mol. The first-order chi connectivity index (χ1) is 8.95. The molecule has 1 aromatic rings. The van der Waals surface area contributed by atoms with Crippen LogP contribution >= 0.6 is 39.1 Å². The summed E-state index contributed by atoms with van der Waals surface area (Å²) in [4.78, 5) is 0. The second-order valence-electron chi connectivity index (χ2n) is 5.21. The highest BCUT2D eigenvalue weighted by Gasteiger charge is 2.31. The summed E-state index contributed by atoms with van der Waals surface area (Å²) in [5.41, 5.74) is 0.849. The van der Waals surface area contributed by atoms with Crippen LogP contribution in [-0.2, 0) is 4.74 Å². The number of halogens is 3. The smallest absolute Gasteiger partial charge is 0.0835 e. The first-order valence-electron chi connectivity index (χ1n) is 6.49. The number of hydrogen-bond donors (Lipinski definition) is 1. The van der Waals surface area contributed by atoms with Crippen molar-refractivity contribution in [2.75, 3.05) is 11.9 Å². The van der Waals surface area contributed by atoms with Crippen molar-refractivity contribution in [3.05, 3.63) is 26.7 Å². The zero-order chi connectivity index (χ0) is 14.0. The average Bonchev–Trinajstić information content (AvgIpc) is 2.40. The highest BCUT2D eigenvalue weighted by Crippen LogP contribution is 2.37. The van der Waals surface area contributed by atoms with Crippen molar-refractivity contribution in [1.29, 1.82) is 0 Å². The van der Waals surface area contributed by atoms with Gasteiger partial charge in [-0.15, -0.1) is 0 Å². The van der Waals surface area contributed by atoms with Gasteiger partial charge in [0.25, 0.3) is 0 Å². The monoisotopic (exact) mass is 365 g/mol. The Labute approximate surface area is 132 Å². The molecule has 1 aliphatic rings. The Morgan fingerprint density at radius 3 is 2.84 bits per heavy atom. The van der Waals surface area contributed by atoms with Gasteiger partial charge in [0.15, 0.2) is 0 Å². The third kappa shape index (κ3) is 3.57. The summed E-state index contributed by atoms with van der Waals surface area (Å²) in [7, 11) is 0. The van der Waals surface area contributed by atoms with E-state index in [0.29, 0.717) is 16.1 Å². The van der Waals surface area contributed by atoms with Gasteiger partial charge >= 0.3 is 0 Å². The normalized spacial score (nSPS) is 27.3. The molecule has 2 atom stereocenters. The van der Waals surface area contributed by atoms with E-state index < -0.39 is 0 Å². The fourth-order valence-electron chi connectivity index (χ4n) is 2.36. The van der Waals surface area contributed by atoms with Gasteiger partial charge in [-0.2, -0.15) is 0 Å². The molecule has 2 unspecified atom stereocenters. The van der Waals surface area contributed by atoms with Gasteiger partial charge in [0.2, 0.25) is 0 Å². The maximum absolute atomic E-state index is 6.27. The summed E-state index contributed by atoms with van der Waals surface area (Å²) in [6.45, 7) is 5.10. The standard InChI is InChI=1S/C14H18BrCl2NO/c1-3-14(2)8-9(6-7-19-14)18-11-5-4-10(15)12(16)13(11)17/h4-5,9,18H,3,6-8H2,1-2H3. The molecule has 0 bridgehead atoms. The molecule has 0 spiro atoms. The predicted octanol–water partition coefficient (Wildman–Crippen LogP) is 5.52. The lowest BCUT2D eigenvalue weighted by molar-refractivity contribution is -0.0708. The van der Waals surface area contributed by atoms with Gasteiger partial charge in [0, 0.05) is 17.1 Å². The third-order valence-electron chi connectivity index (χ3n) is 3.74. The van der Waals surface area contributed by atoms with Crippen molar-refractivity contribution in [2.45, 2.75) is 44.8 Å². The van der Waals surface area contributed by atoms with Crippen LogP contribution in [0.4, 0.5) is 5.69 Å². The van der Waals surface area contributed by atoms with E-state index >= 15 is 0 Å². The van der Waals surface area contributed by atoms with Gasteiger partial charge in [0.05, 0.1) is 21.3 Å². The molecule has 2 rings (SSSR count). The van der Waals surface area contributed by atoms with Gasteiger partial charge < -0.3 is 10.1 Å². The van der Waals surface area contributed by atoms with E-state index in [1.165, 1.54) is 0 Å². The van der Waals surface area contributed by atoms with Gasteiger partial charge in [-0.1, -0.05) is 30.1 Å². The molecule has 0 aromatic heterocycles. The Balaban J connectivity index is 2.11. The van der Waals surface area contributed by atoms with E-state index in [1.54, 1.807) is 0 Å². The minimum absolute atomic E-state index is 0.0401. The van der Waals surface area contributed by atoms with E-state index in [2.05, 4.69) is 35.1 Å². The molecule has 1 aliphatic heterocycles. The van der Waals surface area contributed by atoms with Crippen LogP contribution in [0.15, 0.2) is 16.6 Å². The van der Waals surface area contributed by atoms with E-state index in [4.69, 9.17) is 27.9 Å². The molecule has 0 amide bonds. The first kappa shape index (κ1) is 15.4. The number of ether oxygens (including phenoxy) is 1. The maximum Gasteiger partial charge on any atom is 0.0835 e. The molecular formula is C14H18BrCl2NO. The van der Waals surface area contributed by atoms with Gasteiger partial charge in [-0.05, 0) is 54.2 Å². The molecule has 0 radical (unpaired) electrons. The van der Waals surface area contributed by atoms with E-state index in [9.17, 15) is 0 Å². The molecule has 2 nitrogen and oxygen atoms in total. The second kappa shape index (κ2) is 6.21. The second-order valence-corrected chi connectivity index (χ2v) is 6.82. The van der Waals surface area contributed by atoms with Crippen LogP contribution in [0.2, 0.25) is 10.0 Å². The van der Waals surface area contributed by atoms with Crippen LogP contribution in [0.3, 0.4) is 0 Å². The summed E-state index contributed by atoms with van der Waals surface area (Å²) in [5, 5.41) is 4.61. The largest absolute Gasteiger partial charge is 0.381 e. The number of rotatable bonds is 3. The van der Waals surface area contributed by atoms with Crippen LogP contribution in [0.1, 0.15) is 33.1 Å². The SMILES string of the molecule is CCC1(C)CC(Nc2ccc(Br)c(Cl)c2Cl)CCO1. The maximum atomic E-state index is 6.27. The molecule has 106 valence electrons. The Kier molecular flexibility index (Phi) is 5.04. The lowest BCUT2D eigenvalue weighted by Crippen LogP contribution is -2.41. The lowest BCUT2D eigenvalue weighted by Gasteiger charge is -2.38. The van der Waals surface area contributed by atoms with Crippen molar-refractivity contribution in [1.82, 2.24) is 0 Å². The number of benzene rings is 1. The van der Waals surface area contributed by atoms with Crippen LogP contribution in [0, 0.1) is 0 Å². The van der Waals surface area contributed by atoms with Crippen molar-refractivity contribution < 1.29 is 4.74 Å². The van der Waals surface area contributed by atoms with Gasteiger partial charge in [0.1, 0.15) is 0 Å². The average molecular weight is 367 g/mol. The van der Waals surface area contributed by atoms with Crippen molar-refractivity contribution >= 4 is 44.8 Å². The summed E-state index contributed by atoms with van der Waals surface area (Å²) in [6.07, 6.45) is 2.98. The number of anilines is 1. The molecule has 1 saturated heterocycles. The number of hydrogen-bond acceptors (Lipinski definition) is 2. The third-order valence-corrected chi connectivity index (χ3v) is 5.51. The summed E-state index contributed by atoms with van der Waals surface area (Å²) < 4.78 is 6.66. The molecule has 19 heavy (non-hydrogen) atoms. The molecule has 0 saturated carbocycles. The first-order valence-corrected chi connectivity index (χ1v) is 8.04. The van der Waals surface area contributed by atoms with Crippen molar-refractivity contribution in [3.63, 3.8) is 0 Å². The van der Waals surface area contributed by atoms with Crippen LogP contribution in [0.25, 0.3) is 0 Å². The zero-order valence-corrected chi connectivity index (χ0v) is 14.2. The van der Waals surface area contributed by atoms with Crippen LogP contribution in [-0.4, -0.2) is 18.2 Å². The Hall–Kier alpha value is 0.0400. The lowest BCUT2D eigenvalue weighted by atomic mass is 9.90. The molecule has 1 heterocycles. The van der Waals surface area contributed by atoms with E-state index in [-0.39, 0.29) is 5.60 Å². The molecule has 5 heteroatoms.